The van der Waals surface area contributed by atoms with E-state index < -0.39 is 0 Å². The van der Waals surface area contributed by atoms with Gasteiger partial charge in [0.2, 0.25) is 0 Å². The van der Waals surface area contributed by atoms with Crippen molar-refractivity contribution in [3.63, 3.8) is 0 Å². The molecular weight excluding hydrogens is 412 g/mol. The average Bonchev–Trinajstić information content (AvgIpc) is 3.51. The molecule has 0 spiro atoms. The molecular formula is C25H32N8. The zero-order valence-corrected chi connectivity index (χ0v) is 19.5. The fourth-order valence-electron chi connectivity index (χ4n) is 4.34. The van der Waals surface area contributed by atoms with Crippen LogP contribution in [0.15, 0.2) is 36.4 Å². The van der Waals surface area contributed by atoms with Crippen LogP contribution in [-0.4, -0.2) is 71.4 Å². The number of nitrogens with zero attached hydrogens (tertiary/aromatic N) is 6. The predicted molar refractivity (Wildman–Crippen MR) is 135 cm³/mol. The normalized spacial score (nSPS) is 17.3. The minimum atomic E-state index is 0.685. The Kier molecular flexibility index (Phi) is 6.26. The third-order valence-electron chi connectivity index (χ3n) is 6.31. The second kappa shape index (κ2) is 9.62. The summed E-state index contributed by atoms with van der Waals surface area (Å²) in [6.07, 6.45) is 6.65. The fraction of sp³-hybridized carbons (Fsp3) is 0.400. The summed E-state index contributed by atoms with van der Waals surface area (Å²) in [5.74, 6) is 3.12. The standard InChI is InChI=1S/C25H32N8/c1-19-17-24(30-29-19)27-23-18-25(33-15-13-31(2)14-16-33)28-22(26-23)10-7-20-5-8-21(9-6-20)32-11-3-4-12-32/h5-10,17-18H,3-4,11-16H2,1-2H3,(H2,26,27,28,29,30)/b10-7+. The van der Waals surface area contributed by atoms with Crippen LogP contribution in [0.3, 0.4) is 0 Å². The van der Waals surface area contributed by atoms with Crippen LogP contribution >= 0.6 is 0 Å². The molecule has 0 aliphatic carbocycles. The molecule has 0 amide bonds. The highest BCUT2D eigenvalue weighted by Gasteiger charge is 2.17. The van der Waals surface area contributed by atoms with Crippen molar-refractivity contribution in [3.05, 3.63) is 53.5 Å². The van der Waals surface area contributed by atoms with Crippen molar-refractivity contribution in [2.45, 2.75) is 19.8 Å². The smallest absolute Gasteiger partial charge is 0.156 e. The monoisotopic (exact) mass is 444 g/mol. The van der Waals surface area contributed by atoms with Crippen LogP contribution in [0.4, 0.5) is 23.1 Å². The van der Waals surface area contributed by atoms with Gasteiger partial charge in [-0.15, -0.1) is 0 Å². The Morgan fingerprint density at radius 1 is 0.848 bits per heavy atom. The van der Waals surface area contributed by atoms with E-state index in [4.69, 9.17) is 9.97 Å². The molecule has 0 bridgehead atoms. The lowest BCUT2D eigenvalue weighted by atomic mass is 10.2. The van der Waals surface area contributed by atoms with E-state index in [1.807, 2.05) is 25.1 Å². The number of aromatic amines is 1. The van der Waals surface area contributed by atoms with E-state index >= 15 is 0 Å². The minimum absolute atomic E-state index is 0.685. The molecule has 2 aromatic heterocycles. The third-order valence-corrected chi connectivity index (χ3v) is 6.31. The van der Waals surface area contributed by atoms with Crippen LogP contribution < -0.4 is 15.1 Å². The third kappa shape index (κ3) is 5.34. The molecule has 0 unspecified atom stereocenters. The van der Waals surface area contributed by atoms with Gasteiger partial charge in [-0.1, -0.05) is 18.2 Å². The van der Waals surface area contributed by atoms with E-state index in [0.29, 0.717) is 5.82 Å². The zero-order chi connectivity index (χ0) is 22.6. The lowest BCUT2D eigenvalue weighted by Crippen LogP contribution is -2.44. The summed E-state index contributed by atoms with van der Waals surface area (Å²) in [7, 11) is 2.16. The van der Waals surface area contributed by atoms with Gasteiger partial charge >= 0.3 is 0 Å². The van der Waals surface area contributed by atoms with E-state index in [1.54, 1.807) is 0 Å². The van der Waals surface area contributed by atoms with Gasteiger partial charge < -0.3 is 20.0 Å². The molecule has 2 saturated heterocycles. The number of aromatic nitrogens is 4. The molecule has 0 radical (unpaired) electrons. The van der Waals surface area contributed by atoms with E-state index in [1.165, 1.54) is 18.5 Å². The Morgan fingerprint density at radius 2 is 1.61 bits per heavy atom. The van der Waals surface area contributed by atoms with Crippen LogP contribution in [-0.2, 0) is 0 Å². The molecule has 2 aliphatic rings. The Morgan fingerprint density at radius 3 is 2.30 bits per heavy atom. The second-order valence-electron chi connectivity index (χ2n) is 8.94. The van der Waals surface area contributed by atoms with Gasteiger partial charge in [0.15, 0.2) is 11.6 Å². The van der Waals surface area contributed by atoms with Crippen molar-refractivity contribution in [2.24, 2.45) is 0 Å². The molecule has 0 atom stereocenters. The van der Waals surface area contributed by atoms with Gasteiger partial charge in [0.1, 0.15) is 11.6 Å². The first-order valence-corrected chi connectivity index (χ1v) is 11.8. The molecule has 8 heteroatoms. The van der Waals surface area contributed by atoms with Gasteiger partial charge in [-0.05, 0) is 50.6 Å². The summed E-state index contributed by atoms with van der Waals surface area (Å²) < 4.78 is 0. The molecule has 2 N–H and O–H groups in total. The highest BCUT2D eigenvalue weighted by atomic mass is 15.3. The summed E-state index contributed by atoms with van der Waals surface area (Å²) in [5.41, 5.74) is 3.45. The molecule has 2 fully saturated rings. The van der Waals surface area contributed by atoms with Gasteiger partial charge in [-0.2, -0.15) is 5.10 Å². The minimum Gasteiger partial charge on any atom is -0.372 e. The van der Waals surface area contributed by atoms with Crippen molar-refractivity contribution in [3.8, 4) is 0 Å². The second-order valence-corrected chi connectivity index (χ2v) is 8.94. The maximum atomic E-state index is 4.86. The molecule has 0 saturated carbocycles. The first kappa shape index (κ1) is 21.5. The number of likely N-dealkylation sites (N-methyl/N-ethyl adjacent to an activating group) is 1. The number of benzene rings is 1. The van der Waals surface area contributed by atoms with Crippen LogP contribution in [0.5, 0.6) is 0 Å². The van der Waals surface area contributed by atoms with Crippen molar-refractivity contribution in [2.75, 3.05) is 61.4 Å². The SMILES string of the molecule is Cc1cc(Nc2cc(N3CCN(C)CC3)nc(/C=C/c3ccc(N4CCCC4)cc3)n2)n[nH]1. The number of aryl methyl sites for hydroxylation is 1. The Hall–Kier alpha value is -3.39. The highest BCUT2D eigenvalue weighted by molar-refractivity contribution is 5.70. The van der Waals surface area contributed by atoms with Crippen LogP contribution in [0, 0.1) is 6.92 Å². The van der Waals surface area contributed by atoms with Crippen LogP contribution in [0.1, 0.15) is 29.9 Å². The number of nitrogens with one attached hydrogen (secondary N) is 2. The number of hydrogen-bond acceptors (Lipinski definition) is 7. The summed E-state index contributed by atoms with van der Waals surface area (Å²) in [4.78, 5) is 16.7. The van der Waals surface area contributed by atoms with E-state index in [0.717, 1.165) is 68.0 Å². The zero-order valence-electron chi connectivity index (χ0n) is 19.5. The summed E-state index contributed by atoms with van der Waals surface area (Å²) >= 11 is 0. The molecule has 33 heavy (non-hydrogen) atoms. The molecule has 2 aliphatic heterocycles. The first-order valence-electron chi connectivity index (χ1n) is 11.8. The number of H-pyrrole nitrogens is 1. The molecule has 172 valence electrons. The summed E-state index contributed by atoms with van der Waals surface area (Å²) in [5, 5.41) is 10.6. The average molecular weight is 445 g/mol. The molecule has 8 nitrogen and oxygen atoms in total. The fourth-order valence-corrected chi connectivity index (χ4v) is 4.34. The van der Waals surface area contributed by atoms with Gasteiger partial charge in [-0.25, -0.2) is 9.97 Å². The largest absolute Gasteiger partial charge is 0.372 e. The Bertz CT molecular complexity index is 1090. The van der Waals surface area contributed by atoms with Crippen molar-refractivity contribution >= 4 is 35.3 Å². The van der Waals surface area contributed by atoms with Crippen molar-refractivity contribution < 1.29 is 0 Å². The predicted octanol–water partition coefficient (Wildman–Crippen LogP) is 3.77. The van der Waals surface area contributed by atoms with Crippen LogP contribution in [0.25, 0.3) is 12.2 Å². The summed E-state index contributed by atoms with van der Waals surface area (Å²) in [6.45, 7) is 8.27. The maximum Gasteiger partial charge on any atom is 0.156 e. The van der Waals surface area contributed by atoms with Gasteiger partial charge in [-0.3, -0.25) is 5.10 Å². The lowest BCUT2D eigenvalue weighted by molar-refractivity contribution is 0.312. The number of piperazine rings is 1. The van der Waals surface area contributed by atoms with E-state index in [-0.39, 0.29) is 0 Å². The topological polar surface area (TPSA) is 76.2 Å². The summed E-state index contributed by atoms with van der Waals surface area (Å²) in [6, 6.07) is 12.7. The van der Waals surface area contributed by atoms with Crippen molar-refractivity contribution in [1.82, 2.24) is 25.1 Å². The van der Waals surface area contributed by atoms with Crippen molar-refractivity contribution in [1.29, 1.82) is 0 Å². The number of hydrogen-bond donors (Lipinski definition) is 2. The number of anilines is 4. The molecule has 4 heterocycles. The van der Waals surface area contributed by atoms with Gasteiger partial charge in [0, 0.05) is 62.8 Å². The lowest BCUT2D eigenvalue weighted by Gasteiger charge is -2.33. The van der Waals surface area contributed by atoms with Crippen LogP contribution in [0.2, 0.25) is 0 Å². The quantitative estimate of drug-likeness (QED) is 0.599. The molecule has 1 aromatic carbocycles. The van der Waals surface area contributed by atoms with E-state index in [2.05, 4.69) is 67.6 Å². The maximum absolute atomic E-state index is 4.86. The van der Waals surface area contributed by atoms with E-state index in [9.17, 15) is 0 Å². The number of rotatable bonds is 6. The highest BCUT2D eigenvalue weighted by Crippen LogP contribution is 2.23. The molecule has 5 rings (SSSR count). The first-order chi connectivity index (χ1) is 16.1. The molecule has 3 aromatic rings. The Labute approximate surface area is 195 Å². The Balaban J connectivity index is 1.37. The van der Waals surface area contributed by atoms with Gasteiger partial charge in [0.05, 0.1) is 0 Å². The van der Waals surface area contributed by atoms with Gasteiger partial charge in [0.25, 0.3) is 0 Å².